The van der Waals surface area contributed by atoms with Gasteiger partial charge in [-0.2, -0.15) is 0 Å². The fourth-order valence-electron chi connectivity index (χ4n) is 3.92. The zero-order chi connectivity index (χ0) is 19.1. The summed E-state index contributed by atoms with van der Waals surface area (Å²) in [6.45, 7) is 1.59. The molecule has 2 fully saturated rings. The number of methoxy groups -OCH3 is 1. The van der Waals surface area contributed by atoms with Gasteiger partial charge in [-0.05, 0) is 31.7 Å². The van der Waals surface area contributed by atoms with E-state index in [0.29, 0.717) is 53.0 Å². The summed E-state index contributed by atoms with van der Waals surface area (Å²) in [5.74, 6) is 0.00861. The predicted molar refractivity (Wildman–Crippen MR) is 106 cm³/mol. The molecular formula is C20H23ClFN3O2. The summed E-state index contributed by atoms with van der Waals surface area (Å²) in [4.78, 5) is 14.3. The van der Waals surface area contributed by atoms with Crippen LogP contribution in [0.5, 0.6) is 5.75 Å². The van der Waals surface area contributed by atoms with E-state index in [2.05, 4.69) is 4.57 Å². The monoisotopic (exact) mass is 391 g/mol. The largest absolute Gasteiger partial charge is 0.492 e. The first-order valence-corrected chi connectivity index (χ1v) is 9.65. The average molecular weight is 392 g/mol. The number of nitrogens with zero attached hydrogens (tertiary/aromatic N) is 2. The second kappa shape index (κ2) is 7.17. The summed E-state index contributed by atoms with van der Waals surface area (Å²) in [6.07, 6.45) is 5.39. The van der Waals surface area contributed by atoms with Gasteiger partial charge < -0.3 is 19.9 Å². The van der Waals surface area contributed by atoms with E-state index in [1.54, 1.807) is 6.20 Å². The highest BCUT2D eigenvalue weighted by Gasteiger charge is 2.30. The summed E-state index contributed by atoms with van der Waals surface area (Å²) < 4.78 is 22.8. The van der Waals surface area contributed by atoms with Gasteiger partial charge in [0.25, 0.3) is 0 Å². The minimum absolute atomic E-state index is 0.191. The standard InChI is InChI=1S/C20H23ClFN3O2/c1-27-20-18-14(17(26)6-9-25(18)13-2-3-13)10-16(22)19(20)24-7-4-12(5-8-24)15(21)11-23/h6,9-10,13H,2-5,7-8,11,23H2,1H3. The molecule has 0 spiro atoms. The van der Waals surface area contributed by atoms with E-state index in [4.69, 9.17) is 22.1 Å². The van der Waals surface area contributed by atoms with Crippen LogP contribution >= 0.6 is 11.6 Å². The van der Waals surface area contributed by atoms with Gasteiger partial charge >= 0.3 is 0 Å². The van der Waals surface area contributed by atoms with Crippen molar-refractivity contribution in [3.05, 3.63) is 45.0 Å². The van der Waals surface area contributed by atoms with Gasteiger partial charge in [-0.25, -0.2) is 4.39 Å². The van der Waals surface area contributed by atoms with Crippen molar-refractivity contribution in [2.45, 2.75) is 31.7 Å². The molecule has 0 atom stereocenters. The van der Waals surface area contributed by atoms with Crippen LogP contribution in [-0.4, -0.2) is 31.3 Å². The van der Waals surface area contributed by atoms with Crippen molar-refractivity contribution in [2.24, 2.45) is 5.73 Å². The Bertz CT molecular complexity index is 971. The van der Waals surface area contributed by atoms with E-state index in [1.807, 2.05) is 4.90 Å². The Hall–Kier alpha value is -2.05. The highest BCUT2D eigenvalue weighted by Crippen LogP contribution is 2.44. The Morgan fingerprint density at radius 3 is 2.67 bits per heavy atom. The van der Waals surface area contributed by atoms with Gasteiger partial charge in [0, 0.05) is 43.0 Å². The zero-order valence-corrected chi connectivity index (χ0v) is 16.1. The first kappa shape index (κ1) is 18.3. The molecule has 0 radical (unpaired) electrons. The van der Waals surface area contributed by atoms with Crippen LogP contribution in [-0.2, 0) is 0 Å². The van der Waals surface area contributed by atoms with Crippen LogP contribution in [0.25, 0.3) is 10.9 Å². The molecule has 144 valence electrons. The van der Waals surface area contributed by atoms with Crippen molar-refractivity contribution in [2.75, 3.05) is 31.6 Å². The molecule has 1 aliphatic heterocycles. The minimum Gasteiger partial charge on any atom is -0.492 e. The number of piperidine rings is 1. The van der Waals surface area contributed by atoms with E-state index in [9.17, 15) is 4.79 Å². The number of aromatic nitrogens is 1. The molecule has 0 bridgehead atoms. The van der Waals surface area contributed by atoms with Crippen LogP contribution in [0.2, 0.25) is 0 Å². The molecule has 27 heavy (non-hydrogen) atoms. The van der Waals surface area contributed by atoms with E-state index in [1.165, 1.54) is 19.2 Å². The van der Waals surface area contributed by atoms with Crippen molar-refractivity contribution in [1.82, 2.24) is 4.57 Å². The molecule has 2 heterocycles. The van der Waals surface area contributed by atoms with Crippen LogP contribution < -0.4 is 20.8 Å². The van der Waals surface area contributed by atoms with Gasteiger partial charge in [0.05, 0.1) is 18.0 Å². The normalized spacial score (nSPS) is 17.5. The maximum Gasteiger partial charge on any atom is 0.189 e. The third-order valence-corrected chi connectivity index (χ3v) is 5.90. The Morgan fingerprint density at radius 2 is 2.07 bits per heavy atom. The summed E-state index contributed by atoms with van der Waals surface area (Å²) in [6, 6.07) is 3.21. The smallest absolute Gasteiger partial charge is 0.189 e. The summed E-state index contributed by atoms with van der Waals surface area (Å²) >= 11 is 6.19. The molecule has 1 aromatic carbocycles. The van der Waals surface area contributed by atoms with E-state index < -0.39 is 5.82 Å². The molecule has 2 N–H and O–H groups in total. The maximum atomic E-state index is 15.1. The lowest BCUT2D eigenvalue weighted by atomic mass is 10.0. The number of halogens is 2. The van der Waals surface area contributed by atoms with E-state index in [-0.39, 0.29) is 5.43 Å². The molecule has 1 aromatic heterocycles. The second-order valence-corrected chi connectivity index (χ2v) is 7.61. The zero-order valence-electron chi connectivity index (χ0n) is 15.3. The summed E-state index contributed by atoms with van der Waals surface area (Å²) in [7, 11) is 1.53. The van der Waals surface area contributed by atoms with Crippen molar-refractivity contribution in [3.63, 3.8) is 0 Å². The van der Waals surface area contributed by atoms with Gasteiger partial charge in [-0.15, -0.1) is 0 Å². The summed E-state index contributed by atoms with van der Waals surface area (Å²) in [5.41, 5.74) is 7.68. The maximum absolute atomic E-state index is 15.1. The number of rotatable bonds is 4. The minimum atomic E-state index is -0.428. The molecule has 4 rings (SSSR count). The van der Waals surface area contributed by atoms with E-state index in [0.717, 1.165) is 31.3 Å². The van der Waals surface area contributed by atoms with Crippen LogP contribution in [0, 0.1) is 5.82 Å². The lowest BCUT2D eigenvalue weighted by molar-refractivity contribution is 0.412. The molecule has 1 saturated carbocycles. The first-order valence-electron chi connectivity index (χ1n) is 9.28. The van der Waals surface area contributed by atoms with Crippen LogP contribution in [0.3, 0.4) is 0 Å². The second-order valence-electron chi connectivity index (χ2n) is 7.15. The Morgan fingerprint density at radius 1 is 1.37 bits per heavy atom. The molecule has 0 amide bonds. The summed E-state index contributed by atoms with van der Waals surface area (Å²) in [5, 5.41) is 1.06. The third-order valence-electron chi connectivity index (χ3n) is 5.48. The predicted octanol–water partition coefficient (Wildman–Crippen LogP) is 3.54. The number of hydrogen-bond donors (Lipinski definition) is 1. The molecule has 1 aliphatic carbocycles. The molecular weight excluding hydrogens is 369 g/mol. The van der Waals surface area contributed by atoms with Gasteiger partial charge in [0.15, 0.2) is 17.0 Å². The molecule has 2 aromatic rings. The molecule has 2 aliphatic rings. The molecule has 1 saturated heterocycles. The van der Waals surface area contributed by atoms with Gasteiger partial charge in [0.1, 0.15) is 5.69 Å². The highest BCUT2D eigenvalue weighted by molar-refractivity contribution is 6.30. The third kappa shape index (κ3) is 3.21. The fourth-order valence-corrected chi connectivity index (χ4v) is 4.11. The molecule has 7 heteroatoms. The number of fused-ring (bicyclic) bond motifs is 1. The quantitative estimate of drug-likeness (QED) is 0.866. The van der Waals surface area contributed by atoms with Crippen LogP contribution in [0.15, 0.2) is 33.7 Å². The number of ether oxygens (including phenoxy) is 1. The fraction of sp³-hybridized carbons (Fsp3) is 0.450. The molecule has 5 nitrogen and oxygen atoms in total. The SMILES string of the molecule is COc1c(N2CCC(=C(Cl)CN)CC2)c(F)cc2c(=O)ccn(C3CC3)c12. The van der Waals surface area contributed by atoms with Crippen molar-refractivity contribution in [3.8, 4) is 5.75 Å². The van der Waals surface area contributed by atoms with Crippen molar-refractivity contribution in [1.29, 1.82) is 0 Å². The average Bonchev–Trinajstić information content (AvgIpc) is 3.52. The topological polar surface area (TPSA) is 60.5 Å². The highest BCUT2D eigenvalue weighted by atomic mass is 35.5. The number of benzene rings is 1. The Kier molecular flexibility index (Phi) is 4.86. The number of anilines is 1. The number of nitrogens with two attached hydrogens (primary N) is 1. The number of pyridine rings is 1. The van der Waals surface area contributed by atoms with Gasteiger partial charge in [0.2, 0.25) is 0 Å². The lowest BCUT2D eigenvalue weighted by Crippen LogP contribution is -2.32. The van der Waals surface area contributed by atoms with Crippen LogP contribution in [0.4, 0.5) is 10.1 Å². The van der Waals surface area contributed by atoms with Gasteiger partial charge in [-0.1, -0.05) is 17.2 Å². The van der Waals surface area contributed by atoms with E-state index >= 15 is 4.39 Å². The first-order chi connectivity index (χ1) is 13.0. The van der Waals surface area contributed by atoms with Crippen molar-refractivity contribution >= 4 is 28.2 Å². The van der Waals surface area contributed by atoms with Gasteiger partial charge in [-0.3, -0.25) is 4.79 Å². The Labute approximate surface area is 162 Å². The van der Waals surface area contributed by atoms with Crippen molar-refractivity contribution < 1.29 is 9.13 Å². The molecule has 0 unspecified atom stereocenters. The van der Waals surface area contributed by atoms with Crippen LogP contribution in [0.1, 0.15) is 31.7 Å². The number of hydrogen-bond acceptors (Lipinski definition) is 4. The Balaban J connectivity index is 1.83. The lowest BCUT2D eigenvalue weighted by Gasteiger charge is -2.32.